The van der Waals surface area contributed by atoms with Crippen molar-refractivity contribution in [2.24, 2.45) is 0 Å². The molecule has 0 spiro atoms. The summed E-state index contributed by atoms with van der Waals surface area (Å²) >= 11 is 0. The number of hydrogen-bond acceptors (Lipinski definition) is 4. The Morgan fingerprint density at radius 1 is 1.07 bits per heavy atom. The molecule has 146 valence electrons. The van der Waals surface area contributed by atoms with Gasteiger partial charge >= 0.3 is 0 Å². The summed E-state index contributed by atoms with van der Waals surface area (Å²) in [5.74, 6) is -0.0885. The standard InChI is InChI=1S/C22H24N2O4/c1-14-8-7-9-15(12-14)27-13-18(25)23-19-16-10-5-6-11-17(16)28-20(19)21(26)24-22(2,3)4/h5-12H,13H2,1-4H3,(H,23,25)(H,24,26). The third-order valence-electron chi connectivity index (χ3n) is 3.91. The lowest BCUT2D eigenvalue weighted by Gasteiger charge is -2.20. The zero-order valence-electron chi connectivity index (χ0n) is 16.5. The van der Waals surface area contributed by atoms with Crippen molar-refractivity contribution < 1.29 is 18.7 Å². The van der Waals surface area contributed by atoms with Gasteiger partial charge in [-0.1, -0.05) is 24.3 Å². The average Bonchev–Trinajstić information content (AvgIpc) is 2.97. The molecule has 28 heavy (non-hydrogen) atoms. The summed E-state index contributed by atoms with van der Waals surface area (Å²) in [7, 11) is 0. The monoisotopic (exact) mass is 380 g/mol. The highest BCUT2D eigenvalue weighted by atomic mass is 16.5. The Bertz CT molecular complexity index is 1010. The van der Waals surface area contributed by atoms with Gasteiger partial charge in [0.1, 0.15) is 17.0 Å². The number of benzene rings is 2. The number of carbonyl (C=O) groups is 2. The van der Waals surface area contributed by atoms with E-state index in [4.69, 9.17) is 9.15 Å². The van der Waals surface area contributed by atoms with Gasteiger partial charge in [0, 0.05) is 10.9 Å². The third-order valence-corrected chi connectivity index (χ3v) is 3.91. The van der Waals surface area contributed by atoms with Crippen LogP contribution < -0.4 is 15.4 Å². The van der Waals surface area contributed by atoms with Crippen molar-refractivity contribution in [2.75, 3.05) is 11.9 Å². The van der Waals surface area contributed by atoms with Crippen molar-refractivity contribution in [2.45, 2.75) is 33.2 Å². The molecule has 0 fully saturated rings. The van der Waals surface area contributed by atoms with Crippen molar-refractivity contribution in [1.82, 2.24) is 5.32 Å². The number of fused-ring (bicyclic) bond motifs is 1. The molecule has 1 aromatic heterocycles. The van der Waals surface area contributed by atoms with Gasteiger partial charge in [0.25, 0.3) is 11.8 Å². The van der Waals surface area contributed by atoms with Gasteiger partial charge < -0.3 is 19.8 Å². The number of hydrogen-bond donors (Lipinski definition) is 2. The number of anilines is 1. The van der Waals surface area contributed by atoms with Crippen LogP contribution in [0.25, 0.3) is 11.0 Å². The van der Waals surface area contributed by atoms with Crippen LogP contribution in [0.1, 0.15) is 36.9 Å². The molecular formula is C22H24N2O4. The zero-order valence-corrected chi connectivity index (χ0v) is 16.5. The van der Waals surface area contributed by atoms with E-state index in [-0.39, 0.29) is 18.3 Å². The van der Waals surface area contributed by atoms with Crippen LogP contribution in [0, 0.1) is 6.92 Å². The van der Waals surface area contributed by atoms with Crippen LogP contribution in [0.15, 0.2) is 52.9 Å². The molecule has 0 bridgehead atoms. The highest BCUT2D eigenvalue weighted by Gasteiger charge is 2.25. The lowest BCUT2D eigenvalue weighted by molar-refractivity contribution is -0.118. The van der Waals surface area contributed by atoms with Crippen LogP contribution >= 0.6 is 0 Å². The molecule has 1 heterocycles. The smallest absolute Gasteiger partial charge is 0.289 e. The fraction of sp³-hybridized carbons (Fsp3) is 0.273. The molecule has 0 aliphatic heterocycles. The largest absolute Gasteiger partial charge is 0.484 e. The molecular weight excluding hydrogens is 356 g/mol. The predicted molar refractivity (Wildman–Crippen MR) is 109 cm³/mol. The van der Waals surface area contributed by atoms with Crippen LogP contribution in [0.2, 0.25) is 0 Å². The number of aryl methyl sites for hydroxylation is 1. The quantitative estimate of drug-likeness (QED) is 0.692. The number of para-hydroxylation sites is 1. The summed E-state index contributed by atoms with van der Waals surface area (Å²) in [4.78, 5) is 25.1. The molecule has 3 aromatic rings. The minimum absolute atomic E-state index is 0.0695. The first-order chi connectivity index (χ1) is 13.2. The fourth-order valence-electron chi connectivity index (χ4n) is 2.76. The number of carbonyl (C=O) groups excluding carboxylic acids is 2. The SMILES string of the molecule is Cc1cccc(OCC(=O)Nc2c(C(=O)NC(C)(C)C)oc3ccccc23)c1. The molecule has 0 atom stereocenters. The Morgan fingerprint density at radius 2 is 1.82 bits per heavy atom. The van der Waals surface area contributed by atoms with E-state index in [2.05, 4.69) is 10.6 Å². The first kappa shape index (κ1) is 19.5. The minimum atomic E-state index is -0.439. The van der Waals surface area contributed by atoms with Gasteiger partial charge in [-0.25, -0.2) is 0 Å². The number of furan rings is 1. The molecule has 0 radical (unpaired) electrons. The first-order valence-electron chi connectivity index (χ1n) is 9.06. The van der Waals surface area contributed by atoms with Crippen LogP contribution in [-0.4, -0.2) is 24.0 Å². The average molecular weight is 380 g/mol. The van der Waals surface area contributed by atoms with Gasteiger partial charge in [0.05, 0.1) is 0 Å². The van der Waals surface area contributed by atoms with E-state index in [1.807, 2.05) is 58.0 Å². The lowest BCUT2D eigenvalue weighted by Crippen LogP contribution is -2.40. The Kier molecular flexibility index (Phi) is 5.40. The summed E-state index contributed by atoms with van der Waals surface area (Å²) in [5.41, 5.74) is 1.47. The van der Waals surface area contributed by atoms with E-state index in [0.717, 1.165) is 5.56 Å². The van der Waals surface area contributed by atoms with E-state index >= 15 is 0 Å². The molecule has 0 aliphatic rings. The normalized spacial score (nSPS) is 11.3. The minimum Gasteiger partial charge on any atom is -0.484 e. The molecule has 0 saturated heterocycles. The molecule has 2 aromatic carbocycles. The third kappa shape index (κ3) is 4.71. The molecule has 2 N–H and O–H groups in total. The molecule has 0 aliphatic carbocycles. The van der Waals surface area contributed by atoms with E-state index in [0.29, 0.717) is 22.4 Å². The molecule has 3 rings (SSSR count). The second-order valence-electron chi connectivity index (χ2n) is 7.66. The summed E-state index contributed by atoms with van der Waals surface area (Å²) in [5, 5.41) is 6.28. The summed E-state index contributed by atoms with van der Waals surface area (Å²) in [6.45, 7) is 7.40. The molecule has 2 amide bonds. The highest BCUT2D eigenvalue weighted by Crippen LogP contribution is 2.31. The van der Waals surface area contributed by atoms with Gasteiger partial charge in [0.15, 0.2) is 6.61 Å². The van der Waals surface area contributed by atoms with E-state index in [1.165, 1.54) is 0 Å². The topological polar surface area (TPSA) is 80.6 Å². The number of rotatable bonds is 5. The van der Waals surface area contributed by atoms with Crippen LogP contribution in [-0.2, 0) is 4.79 Å². The van der Waals surface area contributed by atoms with Crippen molar-refractivity contribution in [3.05, 3.63) is 59.9 Å². The van der Waals surface area contributed by atoms with Gasteiger partial charge in [-0.2, -0.15) is 0 Å². The summed E-state index contributed by atoms with van der Waals surface area (Å²) < 4.78 is 11.3. The van der Waals surface area contributed by atoms with E-state index in [1.54, 1.807) is 18.2 Å². The van der Waals surface area contributed by atoms with Crippen molar-refractivity contribution in [1.29, 1.82) is 0 Å². The van der Waals surface area contributed by atoms with Crippen molar-refractivity contribution in [3.63, 3.8) is 0 Å². The maximum absolute atomic E-state index is 12.7. The fourth-order valence-corrected chi connectivity index (χ4v) is 2.76. The number of ether oxygens (including phenoxy) is 1. The second kappa shape index (κ2) is 7.76. The van der Waals surface area contributed by atoms with E-state index in [9.17, 15) is 9.59 Å². The van der Waals surface area contributed by atoms with Crippen LogP contribution in [0.4, 0.5) is 5.69 Å². The molecule has 0 unspecified atom stereocenters. The Balaban J connectivity index is 1.81. The van der Waals surface area contributed by atoms with Gasteiger partial charge in [-0.15, -0.1) is 0 Å². The van der Waals surface area contributed by atoms with Crippen LogP contribution in [0.3, 0.4) is 0 Å². The van der Waals surface area contributed by atoms with Gasteiger partial charge in [0.2, 0.25) is 5.76 Å². The second-order valence-corrected chi connectivity index (χ2v) is 7.66. The first-order valence-corrected chi connectivity index (χ1v) is 9.06. The zero-order chi connectivity index (χ0) is 20.3. The van der Waals surface area contributed by atoms with Gasteiger partial charge in [-0.3, -0.25) is 9.59 Å². The molecule has 6 nitrogen and oxygen atoms in total. The van der Waals surface area contributed by atoms with Crippen molar-refractivity contribution >= 4 is 28.5 Å². The summed E-state index contributed by atoms with van der Waals surface area (Å²) in [6, 6.07) is 14.6. The maximum atomic E-state index is 12.7. The highest BCUT2D eigenvalue weighted by molar-refractivity contribution is 6.11. The number of nitrogens with one attached hydrogen (secondary N) is 2. The Labute approximate surface area is 163 Å². The Hall–Kier alpha value is -3.28. The molecule has 6 heteroatoms. The molecule has 0 saturated carbocycles. The van der Waals surface area contributed by atoms with E-state index < -0.39 is 11.4 Å². The van der Waals surface area contributed by atoms with Crippen molar-refractivity contribution in [3.8, 4) is 5.75 Å². The maximum Gasteiger partial charge on any atom is 0.289 e. The van der Waals surface area contributed by atoms with Gasteiger partial charge in [-0.05, 0) is 57.5 Å². The van der Waals surface area contributed by atoms with Crippen LogP contribution in [0.5, 0.6) is 5.75 Å². The lowest BCUT2D eigenvalue weighted by atomic mass is 10.1. The summed E-state index contributed by atoms with van der Waals surface area (Å²) in [6.07, 6.45) is 0. The Morgan fingerprint density at radius 3 is 2.54 bits per heavy atom. The predicted octanol–water partition coefficient (Wildman–Crippen LogP) is 4.29. The number of amides is 2.